The number of rotatable bonds is 3. The summed E-state index contributed by atoms with van der Waals surface area (Å²) in [6, 6.07) is 0.123. The van der Waals surface area contributed by atoms with Gasteiger partial charge in [-0.05, 0) is 41.7 Å². The number of hydrogen-bond donors (Lipinski definition) is 2. The number of carbonyl (C=O) groups excluding carboxylic acids is 1. The molecule has 1 fully saturated rings. The van der Waals surface area contributed by atoms with Crippen molar-refractivity contribution < 1.29 is 4.79 Å². The fourth-order valence-electron chi connectivity index (χ4n) is 2.50. The molecule has 110 valence electrons. The molecule has 3 N–H and O–H groups in total. The monoisotopic (exact) mass is 344 g/mol. The first kappa shape index (κ1) is 15.0. The quantitative estimate of drug-likeness (QED) is 0.771. The number of likely N-dealkylation sites (tertiary alicyclic amines) is 1. The Balaban J connectivity index is 2.15. The van der Waals surface area contributed by atoms with Crippen LogP contribution in [0.3, 0.4) is 0 Å². The van der Waals surface area contributed by atoms with Crippen molar-refractivity contribution in [1.29, 1.82) is 0 Å². The van der Waals surface area contributed by atoms with Gasteiger partial charge in [0, 0.05) is 18.8 Å². The molecule has 2 rings (SSSR count). The Morgan fingerprint density at radius 3 is 2.85 bits per heavy atom. The topological polar surface area (TPSA) is 101 Å². The van der Waals surface area contributed by atoms with E-state index in [2.05, 4.69) is 20.9 Å². The lowest BCUT2D eigenvalue weighted by Crippen LogP contribution is -2.40. The average Bonchev–Trinajstić information content (AvgIpc) is 2.77. The summed E-state index contributed by atoms with van der Waals surface area (Å²) >= 11 is 3.04. The maximum absolute atomic E-state index is 12.3. The zero-order valence-electron chi connectivity index (χ0n) is 11.1. The molecule has 8 heteroatoms. The van der Waals surface area contributed by atoms with Crippen molar-refractivity contribution in [2.24, 2.45) is 11.7 Å². The zero-order chi connectivity index (χ0) is 14.9. The summed E-state index contributed by atoms with van der Waals surface area (Å²) in [5, 5.41) is 0. The minimum Gasteiger partial charge on any atom is -0.338 e. The molecule has 0 radical (unpaired) electrons. The van der Waals surface area contributed by atoms with Crippen molar-refractivity contribution in [1.82, 2.24) is 14.5 Å². The molecule has 0 bridgehead atoms. The van der Waals surface area contributed by atoms with Gasteiger partial charge in [-0.3, -0.25) is 19.1 Å². The Bertz CT molecular complexity index is 624. The van der Waals surface area contributed by atoms with E-state index in [1.165, 1.54) is 10.8 Å². The number of amides is 1. The lowest BCUT2D eigenvalue weighted by molar-refractivity contribution is -0.132. The number of nitrogens with zero attached hydrogens (tertiary/aromatic N) is 2. The summed E-state index contributed by atoms with van der Waals surface area (Å²) in [5.41, 5.74) is 4.54. The maximum atomic E-state index is 12.3. The van der Waals surface area contributed by atoms with Gasteiger partial charge in [0.2, 0.25) is 5.91 Å². The van der Waals surface area contributed by atoms with Gasteiger partial charge >= 0.3 is 5.69 Å². The number of H-pyrrole nitrogens is 1. The van der Waals surface area contributed by atoms with E-state index in [1.54, 1.807) is 4.90 Å². The van der Waals surface area contributed by atoms with Gasteiger partial charge in [-0.15, -0.1) is 0 Å². The van der Waals surface area contributed by atoms with Crippen LogP contribution in [0, 0.1) is 5.92 Å². The van der Waals surface area contributed by atoms with Crippen LogP contribution >= 0.6 is 15.9 Å². The number of nitrogens with two attached hydrogens (primary N) is 1. The molecule has 1 aliphatic heterocycles. The van der Waals surface area contributed by atoms with Crippen LogP contribution in [-0.4, -0.2) is 39.5 Å². The third kappa shape index (κ3) is 3.01. The predicted molar refractivity (Wildman–Crippen MR) is 77.4 cm³/mol. The summed E-state index contributed by atoms with van der Waals surface area (Å²) in [4.78, 5) is 39.0. The summed E-state index contributed by atoms with van der Waals surface area (Å²) in [6.45, 7) is 3.06. The molecule has 1 saturated heterocycles. The molecule has 0 spiro atoms. The van der Waals surface area contributed by atoms with E-state index in [0.29, 0.717) is 19.0 Å². The molecule has 2 atom stereocenters. The van der Waals surface area contributed by atoms with Crippen molar-refractivity contribution in [3.05, 3.63) is 31.5 Å². The first-order chi connectivity index (χ1) is 9.42. The van der Waals surface area contributed by atoms with Crippen molar-refractivity contribution in [3.8, 4) is 0 Å². The standard InChI is InChI=1S/C12H17BrN4O3/c1-7-2-8(3-14)4-17(7)10(18)6-16-5-9(13)11(19)15-12(16)20/h5,7-8H,2-4,6,14H2,1H3,(H,15,19,20). The summed E-state index contributed by atoms with van der Waals surface area (Å²) in [7, 11) is 0. The SMILES string of the molecule is CC1CC(CN)CN1C(=O)Cn1cc(Br)c(=O)[nH]c1=O. The van der Waals surface area contributed by atoms with Gasteiger partial charge in [-0.25, -0.2) is 4.79 Å². The first-order valence-corrected chi connectivity index (χ1v) is 7.20. The molecule has 1 amide bonds. The van der Waals surface area contributed by atoms with E-state index in [-0.39, 0.29) is 23.0 Å². The van der Waals surface area contributed by atoms with Crippen molar-refractivity contribution in [2.45, 2.75) is 25.9 Å². The van der Waals surface area contributed by atoms with E-state index < -0.39 is 11.2 Å². The van der Waals surface area contributed by atoms with E-state index >= 15 is 0 Å². The van der Waals surface area contributed by atoms with Crippen LogP contribution in [0.2, 0.25) is 0 Å². The van der Waals surface area contributed by atoms with Gasteiger partial charge in [0.15, 0.2) is 0 Å². The molecule has 20 heavy (non-hydrogen) atoms. The van der Waals surface area contributed by atoms with Gasteiger partial charge in [-0.1, -0.05) is 0 Å². The minimum absolute atomic E-state index is 0.0875. The third-order valence-corrected chi connectivity index (χ3v) is 4.15. The van der Waals surface area contributed by atoms with Gasteiger partial charge in [0.05, 0.1) is 4.47 Å². The van der Waals surface area contributed by atoms with Crippen LogP contribution in [0.1, 0.15) is 13.3 Å². The molecular weight excluding hydrogens is 328 g/mol. The van der Waals surface area contributed by atoms with E-state index in [9.17, 15) is 14.4 Å². The Morgan fingerprint density at radius 1 is 1.55 bits per heavy atom. The second-order valence-corrected chi connectivity index (χ2v) is 5.95. The van der Waals surface area contributed by atoms with Gasteiger partial charge in [0.25, 0.3) is 5.56 Å². The molecule has 0 saturated carbocycles. The van der Waals surface area contributed by atoms with Crippen LogP contribution in [0.4, 0.5) is 0 Å². The molecular formula is C12H17BrN4O3. The van der Waals surface area contributed by atoms with Crippen LogP contribution in [0.5, 0.6) is 0 Å². The van der Waals surface area contributed by atoms with E-state index in [4.69, 9.17) is 5.73 Å². The van der Waals surface area contributed by atoms with Crippen molar-refractivity contribution in [3.63, 3.8) is 0 Å². The molecule has 2 heterocycles. The largest absolute Gasteiger partial charge is 0.338 e. The third-order valence-electron chi connectivity index (χ3n) is 3.59. The smallest absolute Gasteiger partial charge is 0.328 e. The van der Waals surface area contributed by atoms with Crippen LogP contribution in [-0.2, 0) is 11.3 Å². The predicted octanol–water partition coefficient (Wildman–Crippen LogP) is -0.505. The highest BCUT2D eigenvalue weighted by atomic mass is 79.9. The maximum Gasteiger partial charge on any atom is 0.328 e. The molecule has 0 aromatic carbocycles. The number of halogens is 1. The van der Waals surface area contributed by atoms with E-state index in [0.717, 1.165) is 6.42 Å². The Morgan fingerprint density at radius 2 is 2.25 bits per heavy atom. The highest BCUT2D eigenvalue weighted by Gasteiger charge is 2.31. The number of carbonyl (C=O) groups is 1. The number of hydrogen-bond acceptors (Lipinski definition) is 4. The van der Waals surface area contributed by atoms with Gasteiger partial charge in [0.1, 0.15) is 6.54 Å². The fourth-order valence-corrected chi connectivity index (χ4v) is 2.84. The van der Waals surface area contributed by atoms with Gasteiger partial charge < -0.3 is 10.6 Å². The highest BCUT2D eigenvalue weighted by molar-refractivity contribution is 9.10. The lowest BCUT2D eigenvalue weighted by atomic mass is 10.1. The average molecular weight is 345 g/mol. The van der Waals surface area contributed by atoms with E-state index in [1.807, 2.05) is 6.92 Å². The summed E-state index contributed by atoms with van der Waals surface area (Å²) in [5.74, 6) is 0.169. The number of aromatic nitrogens is 2. The molecule has 1 aliphatic rings. The van der Waals surface area contributed by atoms with Crippen molar-refractivity contribution in [2.75, 3.05) is 13.1 Å². The Labute approximate surface area is 123 Å². The molecule has 7 nitrogen and oxygen atoms in total. The Hall–Kier alpha value is -1.41. The zero-order valence-corrected chi connectivity index (χ0v) is 12.7. The Kier molecular flexibility index (Phi) is 4.44. The number of aromatic amines is 1. The van der Waals surface area contributed by atoms with Crippen LogP contribution < -0.4 is 17.0 Å². The van der Waals surface area contributed by atoms with Gasteiger partial charge in [-0.2, -0.15) is 0 Å². The molecule has 1 aromatic rings. The van der Waals surface area contributed by atoms with Crippen LogP contribution in [0.15, 0.2) is 20.3 Å². The molecule has 2 unspecified atom stereocenters. The second-order valence-electron chi connectivity index (χ2n) is 5.10. The number of nitrogens with one attached hydrogen (secondary N) is 1. The van der Waals surface area contributed by atoms with Crippen molar-refractivity contribution >= 4 is 21.8 Å². The second kappa shape index (κ2) is 5.92. The van der Waals surface area contributed by atoms with Crippen LogP contribution in [0.25, 0.3) is 0 Å². The fraction of sp³-hybridized carbons (Fsp3) is 0.583. The highest BCUT2D eigenvalue weighted by Crippen LogP contribution is 2.22. The normalized spacial score (nSPS) is 22.2. The summed E-state index contributed by atoms with van der Waals surface area (Å²) in [6.07, 6.45) is 2.21. The lowest BCUT2D eigenvalue weighted by Gasteiger charge is -2.21. The minimum atomic E-state index is -0.589. The first-order valence-electron chi connectivity index (χ1n) is 6.41. The molecule has 1 aromatic heterocycles. The molecule has 0 aliphatic carbocycles. The summed E-state index contributed by atoms with van der Waals surface area (Å²) < 4.78 is 1.41.